The Bertz CT molecular complexity index is 967. The van der Waals surface area contributed by atoms with Crippen LogP contribution in [0.1, 0.15) is 44.2 Å². The summed E-state index contributed by atoms with van der Waals surface area (Å²) in [4.78, 5) is 22.4. The molecule has 0 atom stereocenters. The van der Waals surface area contributed by atoms with Gasteiger partial charge in [-0.2, -0.15) is 5.10 Å². The van der Waals surface area contributed by atoms with Crippen LogP contribution in [0.2, 0.25) is 0 Å². The third-order valence-electron chi connectivity index (χ3n) is 4.98. The number of anilines is 1. The molecule has 2 heterocycles. The predicted molar refractivity (Wildman–Crippen MR) is 125 cm³/mol. The molecule has 0 spiro atoms. The van der Waals surface area contributed by atoms with Gasteiger partial charge in [-0.1, -0.05) is 31.3 Å². The van der Waals surface area contributed by atoms with E-state index in [9.17, 15) is 4.79 Å². The molecule has 0 saturated heterocycles. The first-order valence-corrected chi connectivity index (χ1v) is 10.8. The number of nitrogens with zero attached hydrogens (tertiary/aromatic N) is 5. The number of likely N-dealkylation sites (N-methyl/N-ethyl adjacent to an activating group) is 1. The molecular formula is C21H30ClN5O2S. The minimum atomic E-state index is -0.0821. The normalized spacial score (nSPS) is 11.2. The molecule has 7 nitrogen and oxygen atoms in total. The number of aromatic nitrogens is 3. The number of halogens is 1. The highest BCUT2D eigenvalue weighted by Gasteiger charge is 2.25. The lowest BCUT2D eigenvalue weighted by Gasteiger charge is -2.25. The number of rotatable bonds is 9. The number of methoxy groups -OCH3 is 1. The van der Waals surface area contributed by atoms with E-state index in [0.717, 1.165) is 29.9 Å². The molecule has 0 bridgehead atoms. The average molecular weight is 452 g/mol. The van der Waals surface area contributed by atoms with Gasteiger partial charge in [0.25, 0.3) is 5.91 Å². The van der Waals surface area contributed by atoms with E-state index in [-0.39, 0.29) is 24.4 Å². The van der Waals surface area contributed by atoms with E-state index in [1.807, 2.05) is 32.0 Å². The number of fused-ring (bicyclic) bond motifs is 1. The van der Waals surface area contributed by atoms with E-state index >= 15 is 0 Å². The maximum Gasteiger partial charge on any atom is 0.278 e. The van der Waals surface area contributed by atoms with Gasteiger partial charge in [0.15, 0.2) is 5.13 Å². The molecule has 9 heteroatoms. The predicted octanol–water partition coefficient (Wildman–Crippen LogP) is 4.49. The first kappa shape index (κ1) is 24.1. The van der Waals surface area contributed by atoms with Crippen molar-refractivity contribution in [2.24, 2.45) is 0 Å². The summed E-state index contributed by atoms with van der Waals surface area (Å²) in [5.41, 5.74) is 1.36. The molecule has 0 aliphatic carbocycles. The van der Waals surface area contributed by atoms with E-state index < -0.39 is 0 Å². The van der Waals surface area contributed by atoms with Gasteiger partial charge in [0, 0.05) is 25.3 Å². The van der Waals surface area contributed by atoms with Crippen molar-refractivity contribution in [2.45, 2.75) is 33.7 Å². The summed E-state index contributed by atoms with van der Waals surface area (Å²) in [5.74, 6) is 0.634. The van der Waals surface area contributed by atoms with E-state index in [1.54, 1.807) is 29.0 Å². The number of carbonyl (C=O) groups excluding carboxylic acids is 1. The van der Waals surface area contributed by atoms with Crippen LogP contribution in [0.25, 0.3) is 10.2 Å². The quantitative estimate of drug-likeness (QED) is 0.479. The fourth-order valence-electron chi connectivity index (χ4n) is 3.29. The van der Waals surface area contributed by atoms with Gasteiger partial charge in [0.2, 0.25) is 0 Å². The fraction of sp³-hybridized carbons (Fsp3) is 0.476. The molecule has 1 amide bonds. The van der Waals surface area contributed by atoms with Gasteiger partial charge in [-0.05, 0) is 45.1 Å². The number of hydrogen-bond donors (Lipinski definition) is 0. The van der Waals surface area contributed by atoms with Gasteiger partial charge in [-0.3, -0.25) is 14.4 Å². The maximum atomic E-state index is 13.5. The number of thiazole rings is 1. The third kappa shape index (κ3) is 4.94. The Morgan fingerprint density at radius 3 is 2.57 bits per heavy atom. The van der Waals surface area contributed by atoms with Crippen molar-refractivity contribution in [1.82, 2.24) is 19.7 Å². The zero-order valence-electron chi connectivity index (χ0n) is 18.2. The lowest BCUT2D eigenvalue weighted by Crippen LogP contribution is -2.39. The number of ether oxygens (including phenoxy) is 1. The molecule has 164 valence electrons. The van der Waals surface area contributed by atoms with E-state index in [0.29, 0.717) is 23.1 Å². The highest BCUT2D eigenvalue weighted by atomic mass is 35.5. The molecule has 0 radical (unpaired) electrons. The van der Waals surface area contributed by atoms with Crippen molar-refractivity contribution < 1.29 is 9.53 Å². The second-order valence-electron chi connectivity index (χ2n) is 7.04. The molecule has 1 aromatic carbocycles. The van der Waals surface area contributed by atoms with Crippen LogP contribution >= 0.6 is 23.7 Å². The first-order chi connectivity index (χ1) is 14.0. The summed E-state index contributed by atoms with van der Waals surface area (Å²) in [6.07, 6.45) is 1.68. The van der Waals surface area contributed by atoms with Crippen LogP contribution in [0.15, 0.2) is 30.5 Å². The van der Waals surface area contributed by atoms with Gasteiger partial charge in [0.1, 0.15) is 17.0 Å². The minimum absolute atomic E-state index is 0. The van der Waals surface area contributed by atoms with Crippen LogP contribution in [0.4, 0.5) is 5.13 Å². The average Bonchev–Trinajstić information content (AvgIpc) is 3.37. The number of hydrogen-bond acceptors (Lipinski definition) is 6. The molecule has 3 rings (SSSR count). The van der Waals surface area contributed by atoms with Crippen LogP contribution in [-0.2, 0) is 0 Å². The lowest BCUT2D eigenvalue weighted by molar-refractivity contribution is 0.0971. The van der Waals surface area contributed by atoms with Gasteiger partial charge in [-0.25, -0.2) is 4.98 Å². The summed E-state index contributed by atoms with van der Waals surface area (Å²) >= 11 is 1.51. The van der Waals surface area contributed by atoms with Gasteiger partial charge in [-0.15, -0.1) is 12.4 Å². The summed E-state index contributed by atoms with van der Waals surface area (Å²) < 4.78 is 8.22. The van der Waals surface area contributed by atoms with Gasteiger partial charge >= 0.3 is 0 Å². The molecular weight excluding hydrogens is 422 g/mol. The smallest absolute Gasteiger partial charge is 0.278 e. The van der Waals surface area contributed by atoms with Crippen LogP contribution < -0.4 is 9.64 Å². The molecule has 0 aliphatic heterocycles. The minimum Gasteiger partial charge on any atom is -0.494 e. The SMILES string of the molecule is CCN(CC)CCN(C(=O)c1ccnn1C(C)C)c1nc2c(OC)cccc2s1.Cl. The molecule has 30 heavy (non-hydrogen) atoms. The van der Waals surface area contributed by atoms with Crippen molar-refractivity contribution in [3.8, 4) is 5.75 Å². The Morgan fingerprint density at radius 2 is 1.93 bits per heavy atom. The summed E-state index contributed by atoms with van der Waals surface area (Å²) in [6, 6.07) is 7.72. The van der Waals surface area contributed by atoms with Crippen LogP contribution in [0.3, 0.4) is 0 Å². The van der Waals surface area contributed by atoms with E-state index in [2.05, 4.69) is 23.8 Å². The van der Waals surface area contributed by atoms with E-state index in [1.165, 1.54) is 11.3 Å². The molecule has 0 saturated carbocycles. The molecule has 0 unspecified atom stereocenters. The largest absolute Gasteiger partial charge is 0.494 e. The Labute approximate surface area is 188 Å². The maximum absolute atomic E-state index is 13.5. The Hall–Kier alpha value is -2.16. The molecule has 3 aromatic rings. The van der Waals surface area contributed by atoms with Crippen LogP contribution in [-0.4, -0.2) is 58.9 Å². The number of amides is 1. The van der Waals surface area contributed by atoms with Crippen LogP contribution in [0.5, 0.6) is 5.75 Å². The Kier molecular flexibility index (Phi) is 8.64. The highest BCUT2D eigenvalue weighted by Crippen LogP contribution is 2.34. The van der Waals surface area contributed by atoms with Crippen molar-refractivity contribution in [3.05, 3.63) is 36.2 Å². The van der Waals surface area contributed by atoms with Crippen molar-refractivity contribution in [1.29, 1.82) is 0 Å². The third-order valence-corrected chi connectivity index (χ3v) is 6.02. The van der Waals surface area contributed by atoms with Crippen molar-refractivity contribution >= 4 is 45.0 Å². The monoisotopic (exact) mass is 451 g/mol. The van der Waals surface area contributed by atoms with E-state index in [4.69, 9.17) is 9.72 Å². The number of benzene rings is 1. The Balaban J connectivity index is 0.00000320. The second kappa shape index (κ2) is 10.7. The molecule has 0 fully saturated rings. The first-order valence-electron chi connectivity index (χ1n) is 10.0. The Morgan fingerprint density at radius 1 is 1.20 bits per heavy atom. The van der Waals surface area contributed by atoms with Gasteiger partial charge < -0.3 is 9.64 Å². The summed E-state index contributed by atoms with van der Waals surface area (Å²) in [7, 11) is 1.64. The van der Waals surface area contributed by atoms with Crippen LogP contribution in [0, 0.1) is 0 Å². The van der Waals surface area contributed by atoms with Gasteiger partial charge in [0.05, 0.1) is 11.8 Å². The topological polar surface area (TPSA) is 63.5 Å². The summed E-state index contributed by atoms with van der Waals surface area (Å²) in [6.45, 7) is 11.5. The molecule has 2 aromatic heterocycles. The highest BCUT2D eigenvalue weighted by molar-refractivity contribution is 7.22. The zero-order chi connectivity index (χ0) is 21.0. The molecule has 0 aliphatic rings. The number of carbonyl (C=O) groups is 1. The zero-order valence-corrected chi connectivity index (χ0v) is 19.8. The van der Waals surface area contributed by atoms with Crippen molar-refractivity contribution in [3.63, 3.8) is 0 Å². The standard InChI is InChI=1S/C21H29N5O2S.ClH/c1-6-24(7-2)13-14-25(20(27)16-11-12-22-26(16)15(3)4)21-23-19-17(28-5)9-8-10-18(19)29-21;/h8-12,15H,6-7,13-14H2,1-5H3;1H. The second-order valence-corrected chi connectivity index (χ2v) is 8.05. The summed E-state index contributed by atoms with van der Waals surface area (Å²) in [5, 5.41) is 5.01. The fourth-order valence-corrected chi connectivity index (χ4v) is 4.30. The molecule has 0 N–H and O–H groups in total. The lowest BCUT2D eigenvalue weighted by atomic mass is 10.3. The van der Waals surface area contributed by atoms with Crippen molar-refractivity contribution in [2.75, 3.05) is 38.2 Å². The number of para-hydroxylation sites is 1.